The van der Waals surface area contributed by atoms with Crippen LogP contribution in [-0.2, 0) is 16.0 Å². The fraction of sp³-hybridized carbons (Fsp3) is 0.360. The fourth-order valence-electron chi connectivity index (χ4n) is 4.39. The molecule has 10 heteroatoms. The summed E-state index contributed by atoms with van der Waals surface area (Å²) in [6, 6.07) is 6.17. The molecule has 0 saturated carbocycles. The van der Waals surface area contributed by atoms with E-state index in [9.17, 15) is 9.18 Å². The van der Waals surface area contributed by atoms with Gasteiger partial charge < -0.3 is 10.5 Å². The summed E-state index contributed by atoms with van der Waals surface area (Å²) in [5, 5.41) is 6.49. The molecule has 0 aromatic heterocycles. The molecule has 0 spiro atoms. The number of methoxy groups -OCH3 is 1. The van der Waals surface area contributed by atoms with Crippen molar-refractivity contribution in [2.45, 2.75) is 44.9 Å². The maximum atomic E-state index is 15.5. The first-order valence-electron chi connectivity index (χ1n) is 11.0. The molecule has 186 valence electrons. The molecule has 0 amide bonds. The van der Waals surface area contributed by atoms with E-state index in [2.05, 4.69) is 15.1 Å². The summed E-state index contributed by atoms with van der Waals surface area (Å²) >= 11 is 0. The standard InChI is InChI=1S/C25H28F3N5O2/c1-14-9-17-12-16(24(29)31-32-30)6-7-18(17)23(33(14)13-25(2,3)28)22-19(26)10-15(11-20(22)27)5-8-21(34)35-4/h5-8,10-12,14,23H,9,13H2,1-4H3,(H3,29,30,31)/b8-5+. The third-order valence-electron chi connectivity index (χ3n) is 5.85. The van der Waals surface area contributed by atoms with Crippen LogP contribution >= 0.6 is 0 Å². The molecule has 2 aromatic rings. The third kappa shape index (κ3) is 5.94. The van der Waals surface area contributed by atoms with Crippen LogP contribution in [0.25, 0.3) is 6.08 Å². The second kappa shape index (κ2) is 10.4. The third-order valence-corrected chi connectivity index (χ3v) is 5.85. The minimum Gasteiger partial charge on any atom is -0.466 e. The van der Waals surface area contributed by atoms with Gasteiger partial charge in [-0.2, -0.15) is 5.53 Å². The fourth-order valence-corrected chi connectivity index (χ4v) is 4.39. The number of benzene rings is 2. The van der Waals surface area contributed by atoms with E-state index in [1.54, 1.807) is 23.1 Å². The van der Waals surface area contributed by atoms with E-state index in [0.717, 1.165) is 23.8 Å². The molecule has 3 N–H and O–H groups in total. The van der Waals surface area contributed by atoms with Gasteiger partial charge in [0.15, 0.2) is 5.84 Å². The molecule has 7 nitrogen and oxygen atoms in total. The number of ether oxygens (including phenoxy) is 1. The van der Waals surface area contributed by atoms with E-state index < -0.39 is 29.3 Å². The van der Waals surface area contributed by atoms with Gasteiger partial charge in [0, 0.05) is 29.8 Å². The minimum atomic E-state index is -1.62. The highest BCUT2D eigenvalue weighted by molar-refractivity contribution is 5.97. The summed E-state index contributed by atoms with van der Waals surface area (Å²) in [4.78, 5) is 13.1. The van der Waals surface area contributed by atoms with Crippen molar-refractivity contribution in [3.63, 3.8) is 0 Å². The maximum absolute atomic E-state index is 15.5. The van der Waals surface area contributed by atoms with Gasteiger partial charge in [0.25, 0.3) is 0 Å². The number of esters is 1. The second-order valence-corrected chi connectivity index (χ2v) is 9.10. The Balaban J connectivity index is 2.17. The van der Waals surface area contributed by atoms with Crippen LogP contribution in [0.2, 0.25) is 0 Å². The highest BCUT2D eigenvalue weighted by atomic mass is 19.1. The molecular weight excluding hydrogens is 459 g/mol. The molecule has 1 heterocycles. The summed E-state index contributed by atoms with van der Waals surface area (Å²) < 4.78 is 50.2. The lowest BCUT2D eigenvalue weighted by Crippen LogP contribution is -2.48. The number of fused-ring (bicyclic) bond motifs is 1. The first kappa shape index (κ1) is 26.1. The van der Waals surface area contributed by atoms with Crippen LogP contribution in [0.1, 0.15) is 54.6 Å². The van der Waals surface area contributed by atoms with Crippen molar-refractivity contribution < 1.29 is 22.7 Å². The van der Waals surface area contributed by atoms with Crippen LogP contribution in [0.3, 0.4) is 0 Å². The molecule has 0 fully saturated rings. The van der Waals surface area contributed by atoms with Crippen LogP contribution in [0.5, 0.6) is 0 Å². The lowest BCUT2D eigenvalue weighted by molar-refractivity contribution is -0.134. The molecule has 3 rings (SSSR count). The molecule has 2 atom stereocenters. The van der Waals surface area contributed by atoms with Gasteiger partial charge in [-0.1, -0.05) is 17.4 Å². The van der Waals surface area contributed by atoms with Crippen molar-refractivity contribution in [1.82, 2.24) is 4.90 Å². The highest BCUT2D eigenvalue weighted by Crippen LogP contribution is 2.41. The Kier molecular flexibility index (Phi) is 7.74. The number of alkyl halides is 1. The number of halogens is 3. The lowest BCUT2D eigenvalue weighted by atomic mass is 9.83. The predicted molar refractivity (Wildman–Crippen MR) is 127 cm³/mol. The van der Waals surface area contributed by atoms with E-state index >= 15 is 8.78 Å². The Morgan fingerprint density at radius 2 is 1.94 bits per heavy atom. The Bertz CT molecular complexity index is 1170. The Morgan fingerprint density at radius 3 is 2.51 bits per heavy atom. The number of nitrogens with one attached hydrogen (secondary N) is 1. The van der Waals surface area contributed by atoms with E-state index in [0.29, 0.717) is 17.5 Å². The predicted octanol–water partition coefficient (Wildman–Crippen LogP) is 4.89. The SMILES string of the molecule is COC(=O)/C=C/c1cc(F)c(C2c3ccc(C(N)=NN=N)cc3CC(C)N2CC(C)(C)F)c(F)c1. The molecule has 0 bridgehead atoms. The van der Waals surface area contributed by atoms with Gasteiger partial charge in [-0.25, -0.2) is 18.0 Å². The Hall–Kier alpha value is -3.53. The average Bonchev–Trinajstić information content (AvgIpc) is 2.77. The number of amidine groups is 1. The molecule has 0 aliphatic carbocycles. The summed E-state index contributed by atoms with van der Waals surface area (Å²) in [6.45, 7) is 4.66. The van der Waals surface area contributed by atoms with Gasteiger partial charge in [0.2, 0.25) is 0 Å². The molecule has 2 aromatic carbocycles. The van der Waals surface area contributed by atoms with E-state index in [-0.39, 0.29) is 29.5 Å². The molecule has 2 unspecified atom stereocenters. The van der Waals surface area contributed by atoms with Crippen molar-refractivity contribution in [2.24, 2.45) is 16.1 Å². The van der Waals surface area contributed by atoms with Gasteiger partial charge >= 0.3 is 5.97 Å². The van der Waals surface area contributed by atoms with Crippen molar-refractivity contribution in [2.75, 3.05) is 13.7 Å². The van der Waals surface area contributed by atoms with E-state index in [1.165, 1.54) is 27.0 Å². The number of carbonyl (C=O) groups excluding carboxylic acids is 1. The monoisotopic (exact) mass is 487 g/mol. The molecule has 1 aliphatic rings. The zero-order valence-electron chi connectivity index (χ0n) is 20.0. The number of hydrogen-bond acceptors (Lipinski definition) is 5. The molecule has 0 saturated heterocycles. The lowest BCUT2D eigenvalue weighted by Gasteiger charge is -2.44. The van der Waals surface area contributed by atoms with Crippen molar-refractivity contribution in [3.05, 3.63) is 75.9 Å². The Morgan fingerprint density at radius 1 is 1.29 bits per heavy atom. The summed E-state index contributed by atoms with van der Waals surface area (Å²) in [6.07, 6.45) is 2.82. The highest BCUT2D eigenvalue weighted by Gasteiger charge is 2.39. The van der Waals surface area contributed by atoms with Gasteiger partial charge in [-0.15, -0.1) is 5.10 Å². The molecular formula is C25H28F3N5O2. The van der Waals surface area contributed by atoms with Crippen LogP contribution in [0.15, 0.2) is 46.7 Å². The first-order valence-corrected chi connectivity index (χ1v) is 11.0. The van der Waals surface area contributed by atoms with Crippen molar-refractivity contribution in [3.8, 4) is 0 Å². The molecule has 35 heavy (non-hydrogen) atoms. The number of nitrogens with two attached hydrogens (primary N) is 1. The summed E-state index contributed by atoms with van der Waals surface area (Å²) in [7, 11) is 1.20. The van der Waals surface area contributed by atoms with Gasteiger partial charge in [-0.3, -0.25) is 4.90 Å². The van der Waals surface area contributed by atoms with Crippen LogP contribution < -0.4 is 5.73 Å². The van der Waals surface area contributed by atoms with Crippen LogP contribution in [-0.4, -0.2) is 42.1 Å². The van der Waals surface area contributed by atoms with Crippen molar-refractivity contribution in [1.29, 1.82) is 5.53 Å². The number of nitrogens with zero attached hydrogens (tertiary/aromatic N) is 3. The van der Waals surface area contributed by atoms with Crippen LogP contribution in [0.4, 0.5) is 13.2 Å². The minimum absolute atomic E-state index is 0.0402. The average molecular weight is 488 g/mol. The molecule has 0 radical (unpaired) electrons. The van der Waals surface area contributed by atoms with Crippen molar-refractivity contribution >= 4 is 17.9 Å². The van der Waals surface area contributed by atoms with E-state index in [4.69, 9.17) is 11.3 Å². The first-order chi connectivity index (χ1) is 16.4. The van der Waals surface area contributed by atoms with Gasteiger partial charge in [0.05, 0.1) is 13.2 Å². The smallest absolute Gasteiger partial charge is 0.330 e. The normalized spacial score (nSPS) is 19.0. The molecule has 1 aliphatic heterocycles. The topological polar surface area (TPSA) is 104 Å². The van der Waals surface area contributed by atoms with Gasteiger partial charge in [-0.05, 0) is 68.2 Å². The zero-order chi connectivity index (χ0) is 25.9. The van der Waals surface area contributed by atoms with Crippen LogP contribution in [0, 0.1) is 17.2 Å². The number of hydrogen-bond donors (Lipinski definition) is 2. The van der Waals surface area contributed by atoms with E-state index in [1.807, 2.05) is 6.92 Å². The maximum Gasteiger partial charge on any atom is 0.330 e. The Labute approximate surface area is 202 Å². The zero-order valence-corrected chi connectivity index (χ0v) is 20.0. The quantitative estimate of drug-likeness (QED) is 0.145. The van der Waals surface area contributed by atoms with Gasteiger partial charge in [0.1, 0.15) is 17.3 Å². The number of carbonyl (C=O) groups is 1. The summed E-state index contributed by atoms with van der Waals surface area (Å²) in [5.41, 5.74) is 13.0. The largest absolute Gasteiger partial charge is 0.466 e. The number of rotatable bonds is 7. The second-order valence-electron chi connectivity index (χ2n) is 9.10. The summed E-state index contributed by atoms with van der Waals surface area (Å²) in [5.74, 6) is -2.25.